The average Bonchev–Trinajstić information content (AvgIpc) is 2.90. The first-order chi connectivity index (χ1) is 17.5. The van der Waals surface area contributed by atoms with Crippen LogP contribution in [0.2, 0.25) is 0 Å². The van der Waals surface area contributed by atoms with Gasteiger partial charge in [-0.25, -0.2) is 9.59 Å². The predicted octanol–water partition coefficient (Wildman–Crippen LogP) is 3.05. The third-order valence-corrected chi connectivity index (χ3v) is 5.38. The lowest BCUT2D eigenvalue weighted by atomic mass is 9.91. The van der Waals surface area contributed by atoms with Gasteiger partial charge in [-0.1, -0.05) is 0 Å². The molecule has 1 heterocycles. The molecule has 0 radical (unpaired) electrons. The van der Waals surface area contributed by atoms with Crippen LogP contribution in [0.3, 0.4) is 0 Å². The number of carbonyl (C=O) groups excluding carboxylic acids is 2. The fraction of sp³-hybridized carbons (Fsp3) is 0.346. The first-order valence-corrected chi connectivity index (χ1v) is 11.5. The molecule has 10 heteroatoms. The summed E-state index contributed by atoms with van der Waals surface area (Å²) in [4.78, 5) is 31.0. The molecule has 3 rings (SSSR count). The highest BCUT2D eigenvalue weighted by atomic mass is 16.5. The van der Waals surface area contributed by atoms with Crippen molar-refractivity contribution in [1.29, 1.82) is 0 Å². The molecule has 0 fully saturated rings. The molecule has 10 nitrogen and oxygen atoms in total. The number of hydrogen-bond acceptors (Lipinski definition) is 10. The molecule has 2 N–H and O–H groups in total. The molecule has 0 atom stereocenters. The second kappa shape index (κ2) is 12.5. The second-order valence-electron chi connectivity index (χ2n) is 7.51. The summed E-state index contributed by atoms with van der Waals surface area (Å²) in [6.07, 6.45) is 0.627. The van der Waals surface area contributed by atoms with Gasteiger partial charge in [0.1, 0.15) is 11.3 Å². The topological polar surface area (TPSA) is 117 Å². The van der Waals surface area contributed by atoms with E-state index in [2.05, 4.69) is 15.8 Å². The number of benzene rings is 2. The number of anilines is 1. The Morgan fingerprint density at radius 1 is 0.889 bits per heavy atom. The Kier molecular flexibility index (Phi) is 9.15. The highest BCUT2D eigenvalue weighted by molar-refractivity contribution is 6.30. The molecule has 0 unspecified atom stereocenters. The van der Waals surface area contributed by atoms with E-state index in [4.69, 9.17) is 23.7 Å². The molecule has 0 saturated carbocycles. The molecule has 0 saturated heterocycles. The van der Waals surface area contributed by atoms with Gasteiger partial charge in [0, 0.05) is 12.1 Å². The number of methoxy groups -OCH3 is 3. The van der Waals surface area contributed by atoms with Gasteiger partial charge < -0.3 is 29.1 Å². The van der Waals surface area contributed by atoms with Gasteiger partial charge in [0.2, 0.25) is 0 Å². The summed E-state index contributed by atoms with van der Waals surface area (Å²) in [5.74, 6) is 0.245. The van der Waals surface area contributed by atoms with E-state index in [1.165, 1.54) is 7.11 Å². The van der Waals surface area contributed by atoms with Crippen LogP contribution in [0.5, 0.6) is 17.2 Å². The molecule has 0 amide bonds. The van der Waals surface area contributed by atoms with Crippen molar-refractivity contribution in [3.05, 3.63) is 58.8 Å². The van der Waals surface area contributed by atoms with E-state index >= 15 is 0 Å². The van der Waals surface area contributed by atoms with Crippen LogP contribution < -0.4 is 25.1 Å². The summed E-state index contributed by atoms with van der Waals surface area (Å²) in [6, 6.07) is 10.6. The second-order valence-corrected chi connectivity index (χ2v) is 7.51. The highest BCUT2D eigenvalue weighted by Crippen LogP contribution is 2.34. The van der Waals surface area contributed by atoms with Crippen molar-refractivity contribution in [3.63, 3.8) is 0 Å². The monoisotopic (exact) mass is 497 g/mol. The predicted molar refractivity (Wildman–Crippen MR) is 135 cm³/mol. The van der Waals surface area contributed by atoms with Gasteiger partial charge >= 0.3 is 11.9 Å². The number of hydrazine groups is 1. The number of ether oxygens (including phenoxy) is 5. The van der Waals surface area contributed by atoms with Crippen molar-refractivity contribution in [2.45, 2.75) is 20.3 Å². The molecule has 0 bridgehead atoms. The number of nitrogens with zero attached hydrogens (tertiary/aromatic N) is 1. The van der Waals surface area contributed by atoms with Gasteiger partial charge in [-0.15, -0.1) is 0 Å². The Bertz CT molecular complexity index is 1160. The molecule has 0 spiro atoms. The molecular weight excluding hydrogens is 466 g/mol. The summed E-state index contributed by atoms with van der Waals surface area (Å²) in [5.41, 5.74) is 8.06. The summed E-state index contributed by atoms with van der Waals surface area (Å²) < 4.78 is 26.7. The maximum atomic E-state index is 13.3. The zero-order chi connectivity index (χ0) is 26.1. The smallest absolute Gasteiger partial charge is 0.357 e. The van der Waals surface area contributed by atoms with E-state index in [1.54, 1.807) is 58.4 Å². The van der Waals surface area contributed by atoms with Crippen molar-refractivity contribution in [1.82, 2.24) is 5.43 Å². The molecule has 192 valence electrons. The van der Waals surface area contributed by atoms with Crippen molar-refractivity contribution in [2.75, 3.05) is 46.5 Å². The number of aliphatic imine (C=N–C) groups is 1. The van der Waals surface area contributed by atoms with Gasteiger partial charge in [-0.2, -0.15) is 0 Å². The van der Waals surface area contributed by atoms with Crippen LogP contribution in [0.15, 0.2) is 52.7 Å². The van der Waals surface area contributed by atoms with Crippen molar-refractivity contribution >= 4 is 23.3 Å². The number of fused-ring (bicyclic) bond motifs is 1. The van der Waals surface area contributed by atoms with E-state index < -0.39 is 11.9 Å². The maximum absolute atomic E-state index is 13.3. The number of carbonyl (C=O) groups is 2. The van der Waals surface area contributed by atoms with Crippen LogP contribution in [0.25, 0.3) is 0 Å². The number of rotatable bonds is 11. The Labute approximate surface area is 210 Å². The normalized spacial score (nSPS) is 12.9. The molecule has 2 aromatic carbocycles. The van der Waals surface area contributed by atoms with Crippen molar-refractivity contribution in [2.24, 2.45) is 4.99 Å². The highest BCUT2D eigenvalue weighted by Gasteiger charge is 2.32. The average molecular weight is 498 g/mol. The Balaban J connectivity index is 2.14. The molecule has 0 aliphatic carbocycles. The van der Waals surface area contributed by atoms with Crippen LogP contribution in [0.1, 0.15) is 25.0 Å². The summed E-state index contributed by atoms with van der Waals surface area (Å²) in [6.45, 7) is 3.99. The summed E-state index contributed by atoms with van der Waals surface area (Å²) in [5, 5.41) is 0. The van der Waals surface area contributed by atoms with E-state index in [-0.39, 0.29) is 24.5 Å². The Morgan fingerprint density at radius 3 is 2.14 bits per heavy atom. The lowest BCUT2D eigenvalue weighted by Gasteiger charge is -2.23. The minimum absolute atomic E-state index is 0.0514. The largest absolute Gasteiger partial charge is 0.497 e. The molecule has 2 aromatic rings. The van der Waals surface area contributed by atoms with Gasteiger partial charge in [0.05, 0.1) is 45.9 Å². The van der Waals surface area contributed by atoms with Gasteiger partial charge in [0.15, 0.2) is 17.2 Å². The number of nitrogens with one attached hydrogen (secondary N) is 2. The maximum Gasteiger partial charge on any atom is 0.357 e. The summed E-state index contributed by atoms with van der Waals surface area (Å²) >= 11 is 0. The van der Waals surface area contributed by atoms with E-state index in [9.17, 15) is 9.59 Å². The quantitative estimate of drug-likeness (QED) is 0.274. The van der Waals surface area contributed by atoms with Crippen LogP contribution >= 0.6 is 0 Å². The lowest BCUT2D eigenvalue weighted by molar-refractivity contribution is -0.141. The van der Waals surface area contributed by atoms with Crippen molar-refractivity contribution in [3.8, 4) is 17.2 Å². The number of hydrogen-bond donors (Lipinski definition) is 2. The minimum Gasteiger partial charge on any atom is -0.497 e. The standard InChI is InChI=1S/C26H31N3O7/c1-6-35-25(30)22(23-19-15-21(34-5)20(33-4)14-16(19)12-13-27-23)24(26(31)36-7-2)29-28-17-8-10-18(32-3)11-9-17/h8-11,14-15,28-29H,6-7,12-13H2,1-5H3. The van der Waals surface area contributed by atoms with Crippen LogP contribution in [-0.4, -0.2) is 58.7 Å². The molecule has 36 heavy (non-hydrogen) atoms. The molecular formula is C26H31N3O7. The zero-order valence-corrected chi connectivity index (χ0v) is 21.1. The SMILES string of the molecule is CCOC(=O)C(NNc1ccc(OC)cc1)=C(C(=O)OCC)C1=NCCc2cc(OC)c(OC)cc21. The fourth-order valence-corrected chi connectivity index (χ4v) is 3.68. The first kappa shape index (κ1) is 26.4. The molecule has 1 aliphatic rings. The molecule has 0 aromatic heterocycles. The van der Waals surface area contributed by atoms with E-state index in [0.717, 1.165) is 5.56 Å². The van der Waals surface area contributed by atoms with Gasteiger partial charge in [0.25, 0.3) is 0 Å². The third-order valence-electron chi connectivity index (χ3n) is 5.38. The van der Waals surface area contributed by atoms with E-state index in [0.29, 0.717) is 47.2 Å². The minimum atomic E-state index is -0.739. The Morgan fingerprint density at radius 2 is 1.53 bits per heavy atom. The first-order valence-electron chi connectivity index (χ1n) is 11.5. The van der Waals surface area contributed by atoms with Crippen LogP contribution in [0.4, 0.5) is 5.69 Å². The Hall–Kier alpha value is -4.21. The van der Waals surface area contributed by atoms with Crippen LogP contribution in [0, 0.1) is 0 Å². The van der Waals surface area contributed by atoms with Gasteiger partial charge in [-0.3, -0.25) is 10.4 Å². The fourth-order valence-electron chi connectivity index (χ4n) is 3.68. The van der Waals surface area contributed by atoms with Gasteiger partial charge in [-0.05, 0) is 62.2 Å². The van der Waals surface area contributed by atoms with E-state index in [1.807, 2.05) is 6.07 Å². The van der Waals surface area contributed by atoms with Crippen molar-refractivity contribution < 1.29 is 33.3 Å². The number of esters is 2. The van der Waals surface area contributed by atoms with Crippen LogP contribution in [-0.2, 0) is 25.5 Å². The summed E-state index contributed by atoms with van der Waals surface area (Å²) in [7, 11) is 4.65. The molecule has 1 aliphatic heterocycles. The lowest BCUT2D eigenvalue weighted by Crippen LogP contribution is -2.34. The zero-order valence-electron chi connectivity index (χ0n) is 21.1. The third kappa shape index (κ3) is 5.88.